The molecule has 0 aromatic heterocycles. The quantitative estimate of drug-likeness (QED) is 0.815. The number of anilines is 1. The van der Waals surface area contributed by atoms with E-state index in [4.69, 9.17) is 4.74 Å². The van der Waals surface area contributed by atoms with E-state index in [1.165, 1.54) is 25.3 Å². The van der Waals surface area contributed by atoms with Gasteiger partial charge in [-0.05, 0) is 26.0 Å². The van der Waals surface area contributed by atoms with E-state index < -0.39 is 11.8 Å². The summed E-state index contributed by atoms with van der Waals surface area (Å²) in [5.74, 6) is -1.27. The van der Waals surface area contributed by atoms with Gasteiger partial charge in [0.05, 0.1) is 19.6 Å². The lowest BCUT2D eigenvalue weighted by molar-refractivity contribution is -0.141. The first kappa shape index (κ1) is 15.9. The maximum absolute atomic E-state index is 13.7. The zero-order valence-electron chi connectivity index (χ0n) is 11.7. The molecule has 0 saturated heterocycles. The summed E-state index contributed by atoms with van der Waals surface area (Å²) in [7, 11) is 1.25. The van der Waals surface area contributed by atoms with Crippen LogP contribution in [0, 0.1) is 5.82 Å². The Bertz CT molecular complexity index is 488. The first-order valence-electron chi connectivity index (χ1n) is 6.25. The Hall–Kier alpha value is -2.11. The van der Waals surface area contributed by atoms with Crippen molar-refractivity contribution in [2.45, 2.75) is 32.8 Å². The molecule has 110 valence electrons. The van der Waals surface area contributed by atoms with Crippen LogP contribution in [0.15, 0.2) is 18.2 Å². The van der Waals surface area contributed by atoms with Gasteiger partial charge >= 0.3 is 5.97 Å². The summed E-state index contributed by atoms with van der Waals surface area (Å²) >= 11 is 0. The zero-order valence-corrected chi connectivity index (χ0v) is 11.7. The topological polar surface area (TPSA) is 64.6 Å². The van der Waals surface area contributed by atoms with E-state index in [0.717, 1.165) is 0 Å². The molecule has 0 saturated carbocycles. The first-order valence-corrected chi connectivity index (χ1v) is 6.25. The summed E-state index contributed by atoms with van der Waals surface area (Å²) in [6.07, 6.45) is -0.164. The largest absolute Gasteiger partial charge is 0.488 e. The van der Waals surface area contributed by atoms with Crippen LogP contribution in [0.4, 0.5) is 10.1 Å². The molecule has 0 spiro atoms. The van der Waals surface area contributed by atoms with Crippen LogP contribution in [0.5, 0.6) is 5.75 Å². The number of benzene rings is 1. The minimum Gasteiger partial charge on any atom is -0.488 e. The second-order valence-corrected chi connectivity index (χ2v) is 4.44. The maximum Gasteiger partial charge on any atom is 0.306 e. The number of halogens is 1. The van der Waals surface area contributed by atoms with Gasteiger partial charge < -0.3 is 14.8 Å². The van der Waals surface area contributed by atoms with Crippen molar-refractivity contribution in [3.8, 4) is 5.75 Å². The molecular weight excluding hydrogens is 265 g/mol. The molecule has 0 atom stereocenters. The van der Waals surface area contributed by atoms with Gasteiger partial charge in [-0.1, -0.05) is 0 Å². The van der Waals surface area contributed by atoms with Gasteiger partial charge in [0.1, 0.15) is 0 Å². The van der Waals surface area contributed by atoms with Gasteiger partial charge in [-0.25, -0.2) is 4.39 Å². The minimum atomic E-state index is -0.551. The molecule has 0 fully saturated rings. The smallest absolute Gasteiger partial charge is 0.306 e. The molecule has 6 heteroatoms. The molecule has 1 N–H and O–H groups in total. The molecule has 0 unspecified atom stereocenters. The Balaban J connectivity index is 2.58. The number of nitrogens with one attached hydrogen (secondary N) is 1. The number of rotatable bonds is 6. The van der Waals surface area contributed by atoms with Crippen molar-refractivity contribution in [3.05, 3.63) is 24.0 Å². The van der Waals surface area contributed by atoms with Crippen LogP contribution in [0.3, 0.4) is 0 Å². The lowest BCUT2D eigenvalue weighted by Gasteiger charge is -2.11. The average molecular weight is 283 g/mol. The maximum atomic E-state index is 13.7. The van der Waals surface area contributed by atoms with Gasteiger partial charge in [0.25, 0.3) is 0 Å². The third-order valence-corrected chi connectivity index (χ3v) is 2.36. The fourth-order valence-corrected chi connectivity index (χ4v) is 1.47. The highest BCUT2D eigenvalue weighted by molar-refractivity contribution is 5.92. The second-order valence-electron chi connectivity index (χ2n) is 4.44. The van der Waals surface area contributed by atoms with Crippen molar-refractivity contribution < 1.29 is 23.5 Å². The van der Waals surface area contributed by atoms with Crippen LogP contribution in [-0.2, 0) is 14.3 Å². The summed E-state index contributed by atoms with van der Waals surface area (Å²) in [6, 6.07) is 4.16. The van der Waals surface area contributed by atoms with Crippen LogP contribution >= 0.6 is 0 Å². The Morgan fingerprint density at radius 2 is 2.00 bits per heavy atom. The highest BCUT2D eigenvalue weighted by atomic mass is 19.1. The van der Waals surface area contributed by atoms with E-state index in [1.54, 1.807) is 13.8 Å². The molecular formula is C14H18FNO4. The molecule has 1 aromatic carbocycles. The van der Waals surface area contributed by atoms with E-state index in [9.17, 15) is 14.0 Å². The number of methoxy groups -OCH3 is 1. The number of esters is 1. The monoisotopic (exact) mass is 283 g/mol. The Kier molecular flexibility index (Phi) is 5.96. The van der Waals surface area contributed by atoms with Crippen molar-refractivity contribution in [2.24, 2.45) is 0 Å². The molecule has 20 heavy (non-hydrogen) atoms. The summed E-state index contributed by atoms with van der Waals surface area (Å²) < 4.78 is 23.4. The molecule has 0 bridgehead atoms. The molecule has 0 radical (unpaired) electrons. The summed E-state index contributed by atoms with van der Waals surface area (Å²) in [5.41, 5.74) is 0.313. The van der Waals surface area contributed by atoms with Gasteiger partial charge in [0.2, 0.25) is 5.91 Å². The number of ether oxygens (including phenoxy) is 2. The number of hydrogen-bond acceptors (Lipinski definition) is 4. The standard InChI is InChI=1S/C14H18FNO4/c1-9(2)20-12-5-4-10(8-11(12)15)16-13(17)6-7-14(18)19-3/h4-5,8-9H,6-7H2,1-3H3,(H,16,17). The van der Waals surface area contributed by atoms with E-state index in [2.05, 4.69) is 10.1 Å². The Morgan fingerprint density at radius 1 is 1.30 bits per heavy atom. The normalized spacial score (nSPS) is 10.2. The van der Waals surface area contributed by atoms with Gasteiger partial charge in [0.15, 0.2) is 11.6 Å². The van der Waals surface area contributed by atoms with Crippen molar-refractivity contribution in [1.29, 1.82) is 0 Å². The highest BCUT2D eigenvalue weighted by Crippen LogP contribution is 2.22. The van der Waals surface area contributed by atoms with Gasteiger partial charge in [0, 0.05) is 18.2 Å². The summed E-state index contributed by atoms with van der Waals surface area (Å²) in [6.45, 7) is 3.59. The van der Waals surface area contributed by atoms with Crippen molar-refractivity contribution in [2.75, 3.05) is 12.4 Å². The number of carbonyl (C=O) groups excluding carboxylic acids is 2. The van der Waals surface area contributed by atoms with Gasteiger partial charge in [-0.15, -0.1) is 0 Å². The Morgan fingerprint density at radius 3 is 2.55 bits per heavy atom. The van der Waals surface area contributed by atoms with E-state index >= 15 is 0 Å². The van der Waals surface area contributed by atoms with Crippen molar-refractivity contribution in [1.82, 2.24) is 0 Å². The highest BCUT2D eigenvalue weighted by Gasteiger charge is 2.10. The molecule has 5 nitrogen and oxygen atoms in total. The number of carbonyl (C=O) groups is 2. The van der Waals surface area contributed by atoms with Crippen LogP contribution in [0.25, 0.3) is 0 Å². The van der Waals surface area contributed by atoms with Gasteiger partial charge in [-0.3, -0.25) is 9.59 Å². The molecule has 1 aromatic rings. The average Bonchev–Trinajstić information content (AvgIpc) is 2.38. The zero-order chi connectivity index (χ0) is 15.1. The third kappa shape index (κ3) is 5.26. The lowest BCUT2D eigenvalue weighted by Crippen LogP contribution is -2.14. The fourth-order valence-electron chi connectivity index (χ4n) is 1.47. The van der Waals surface area contributed by atoms with Crippen LogP contribution in [0.1, 0.15) is 26.7 Å². The summed E-state index contributed by atoms with van der Waals surface area (Å²) in [5, 5.41) is 2.50. The molecule has 0 aliphatic heterocycles. The molecule has 0 heterocycles. The van der Waals surface area contributed by atoms with Crippen LogP contribution in [-0.4, -0.2) is 25.1 Å². The van der Waals surface area contributed by atoms with Gasteiger partial charge in [-0.2, -0.15) is 0 Å². The first-order chi connectivity index (χ1) is 9.42. The predicted octanol–water partition coefficient (Wildman–Crippen LogP) is 2.50. The minimum absolute atomic E-state index is 0.0145. The lowest BCUT2D eigenvalue weighted by atomic mass is 10.2. The van der Waals surface area contributed by atoms with Crippen LogP contribution < -0.4 is 10.1 Å². The van der Waals surface area contributed by atoms with Crippen molar-refractivity contribution in [3.63, 3.8) is 0 Å². The third-order valence-electron chi connectivity index (χ3n) is 2.36. The van der Waals surface area contributed by atoms with Crippen LogP contribution in [0.2, 0.25) is 0 Å². The summed E-state index contributed by atoms with van der Waals surface area (Å²) in [4.78, 5) is 22.4. The second kappa shape index (κ2) is 7.47. The van der Waals surface area contributed by atoms with Crippen molar-refractivity contribution >= 4 is 17.6 Å². The number of amides is 1. The van der Waals surface area contributed by atoms with E-state index in [0.29, 0.717) is 5.69 Å². The van der Waals surface area contributed by atoms with E-state index in [-0.39, 0.29) is 30.6 Å². The molecule has 1 amide bonds. The molecule has 0 aliphatic carbocycles. The SMILES string of the molecule is COC(=O)CCC(=O)Nc1ccc(OC(C)C)c(F)c1. The fraction of sp³-hybridized carbons (Fsp3) is 0.429. The number of hydrogen-bond donors (Lipinski definition) is 1. The molecule has 1 rings (SSSR count). The molecule has 0 aliphatic rings. The predicted molar refractivity (Wildman–Crippen MR) is 72.0 cm³/mol. The van der Waals surface area contributed by atoms with E-state index in [1.807, 2.05) is 0 Å². The Labute approximate surface area is 117 Å².